The fraction of sp³-hybridized carbons (Fsp3) is 0.716. The van der Waals surface area contributed by atoms with Gasteiger partial charge >= 0.3 is 33.6 Å². The Kier molecular flexibility index (Phi) is 70.7. The number of allylic oxidation sites excluding steroid dienone is 20. The summed E-state index contributed by atoms with van der Waals surface area (Å²) >= 11 is 0. The molecule has 0 bridgehead atoms. The predicted molar refractivity (Wildman–Crippen MR) is 408 cm³/mol. The quantitative estimate of drug-likeness (QED) is 0.0146. The van der Waals surface area contributed by atoms with Crippen LogP contribution in [0.4, 0.5) is 0 Å². The van der Waals surface area contributed by atoms with Crippen molar-refractivity contribution in [2.75, 3.05) is 39.6 Å². The normalized spacial score (nSPS) is 14.7. The highest BCUT2D eigenvalue weighted by Gasteiger charge is 2.29. The molecule has 18 heteroatoms. The molecule has 0 amide bonds. The van der Waals surface area contributed by atoms with Gasteiger partial charge in [-0.05, 0) is 128 Å². The van der Waals surface area contributed by atoms with Crippen LogP contribution in [0.1, 0.15) is 316 Å². The van der Waals surface area contributed by atoms with Crippen molar-refractivity contribution in [3.63, 3.8) is 0 Å². The summed E-state index contributed by atoms with van der Waals surface area (Å²) in [6, 6.07) is 0. The van der Waals surface area contributed by atoms with E-state index in [2.05, 4.69) is 142 Å². The van der Waals surface area contributed by atoms with E-state index >= 15 is 0 Å². The topological polar surface area (TPSA) is 231 Å². The Morgan fingerprint density at radius 2 is 0.535 bits per heavy atom. The number of phosphoric acid groups is 2. The van der Waals surface area contributed by atoms with Crippen molar-refractivity contribution >= 4 is 33.6 Å². The van der Waals surface area contributed by atoms with Gasteiger partial charge in [-0.25, -0.2) is 9.13 Å². The first kappa shape index (κ1) is 94.9. The molecule has 99 heavy (non-hydrogen) atoms. The van der Waals surface area contributed by atoms with Gasteiger partial charge in [-0.3, -0.25) is 32.5 Å². The molecule has 5 atom stereocenters. The third kappa shape index (κ3) is 74.9. The van der Waals surface area contributed by atoms with Crippen LogP contribution in [0.5, 0.6) is 0 Å². The Bertz CT molecular complexity index is 2290. The molecule has 0 aliphatic heterocycles. The summed E-state index contributed by atoms with van der Waals surface area (Å²) in [5, 5.41) is 20.6. The summed E-state index contributed by atoms with van der Waals surface area (Å²) in [6.07, 6.45) is 86.9. The molecular formula is C81H140O16P2. The Morgan fingerprint density at radius 3 is 0.859 bits per heavy atom. The number of ether oxygens (including phenoxy) is 3. The van der Waals surface area contributed by atoms with Crippen LogP contribution in [-0.2, 0) is 55.8 Å². The Balaban J connectivity index is 4.47. The van der Waals surface area contributed by atoms with Gasteiger partial charge in [0.05, 0.1) is 26.4 Å². The fourth-order valence-corrected chi connectivity index (χ4v) is 11.9. The minimum absolute atomic E-state index is 0.0882. The van der Waals surface area contributed by atoms with E-state index < -0.39 is 91.5 Å². The van der Waals surface area contributed by atoms with Crippen molar-refractivity contribution in [2.45, 2.75) is 334 Å². The lowest BCUT2D eigenvalue weighted by molar-refractivity contribution is -0.161. The number of aliphatic hydroxyl groups excluding tert-OH is 2. The highest BCUT2D eigenvalue weighted by atomic mass is 31.2. The third-order valence-corrected chi connectivity index (χ3v) is 18.1. The van der Waals surface area contributed by atoms with E-state index in [0.29, 0.717) is 19.3 Å². The van der Waals surface area contributed by atoms with Gasteiger partial charge in [0.2, 0.25) is 0 Å². The van der Waals surface area contributed by atoms with Crippen molar-refractivity contribution in [1.82, 2.24) is 0 Å². The monoisotopic (exact) mass is 1430 g/mol. The van der Waals surface area contributed by atoms with E-state index in [1.54, 1.807) is 0 Å². The maximum atomic E-state index is 12.9. The summed E-state index contributed by atoms with van der Waals surface area (Å²) in [5.74, 6) is -1.61. The SMILES string of the molecule is CC/C=C\C/C=C\C/C=C\C/C=C\C/C=C\CCCCCCCCCCCCCCCCCC(=O)OCC(O)COP(=O)(O)OCC(O)COP(=O)(O)OCC(COC(=O)CCCCCC/C=C\C/C=C\C/C=C\C/C=C\CC)OC(=O)CCCCCCC/C=C\CCCCCCCC. The molecule has 0 radical (unpaired) electrons. The standard InChI is InChI=1S/C81H140O16P2/c1-4-7-10-13-16-19-22-25-28-30-31-32-33-34-35-36-37-38-39-40-41-42-43-45-48-49-52-55-58-61-64-67-79(84)91-70-76(82)71-93-98(87,88)94-72-77(83)73-95-99(89,90)96-75-78(97-81(86)69-66-63-60-57-54-51-46-27-24-21-18-15-12-9-6-3)74-92-80(85)68-65-62-59-56-53-50-47-44-29-26-23-20-17-14-11-8-5-2/h7-8,10-11,16-17,19-20,25-29,31-32,34-35,46-47,50,76-78,82-83H,4-6,9,12-15,18,21-24,30,33,36-45,48-49,51-75H2,1-3H3,(H,87,88)(H,89,90)/b10-7-,11-8-,19-16-,20-17-,28-25-,29-26-,32-31-,35-34-,46-27-,50-47-. The van der Waals surface area contributed by atoms with Crippen LogP contribution in [-0.4, -0.2) is 95.9 Å². The van der Waals surface area contributed by atoms with E-state index in [1.165, 1.54) is 116 Å². The van der Waals surface area contributed by atoms with Gasteiger partial charge in [-0.1, -0.05) is 290 Å². The summed E-state index contributed by atoms with van der Waals surface area (Å²) in [7, 11) is -9.79. The summed E-state index contributed by atoms with van der Waals surface area (Å²) in [4.78, 5) is 58.5. The second kappa shape index (κ2) is 73.7. The van der Waals surface area contributed by atoms with Crippen LogP contribution in [0, 0.1) is 0 Å². The number of hydrogen-bond donors (Lipinski definition) is 4. The van der Waals surface area contributed by atoms with E-state index in [4.69, 9.17) is 32.3 Å². The zero-order valence-corrected chi connectivity index (χ0v) is 63.9. The average molecular weight is 1430 g/mol. The molecule has 0 aliphatic carbocycles. The van der Waals surface area contributed by atoms with Gasteiger partial charge in [0.15, 0.2) is 6.10 Å². The molecule has 0 aromatic carbocycles. The number of aliphatic hydroxyl groups is 2. The van der Waals surface area contributed by atoms with Crippen molar-refractivity contribution in [3.05, 3.63) is 122 Å². The van der Waals surface area contributed by atoms with Crippen LogP contribution in [0.3, 0.4) is 0 Å². The summed E-state index contributed by atoms with van der Waals surface area (Å²) in [6.45, 7) is 2.42. The number of carbonyl (C=O) groups excluding carboxylic acids is 3. The minimum Gasteiger partial charge on any atom is -0.463 e. The fourth-order valence-electron chi connectivity index (χ4n) is 10.3. The Morgan fingerprint density at radius 1 is 0.293 bits per heavy atom. The first-order valence-corrected chi connectivity index (χ1v) is 41.8. The van der Waals surface area contributed by atoms with Crippen LogP contribution >= 0.6 is 15.6 Å². The maximum absolute atomic E-state index is 12.9. The summed E-state index contributed by atoms with van der Waals surface area (Å²) in [5.41, 5.74) is 0. The molecule has 16 nitrogen and oxygen atoms in total. The second-order valence-corrected chi connectivity index (χ2v) is 28.7. The number of hydrogen-bond acceptors (Lipinski definition) is 14. The zero-order chi connectivity index (χ0) is 72.3. The van der Waals surface area contributed by atoms with Gasteiger partial charge < -0.3 is 34.2 Å². The van der Waals surface area contributed by atoms with Crippen LogP contribution in [0.2, 0.25) is 0 Å². The molecule has 4 N–H and O–H groups in total. The first-order valence-electron chi connectivity index (χ1n) is 38.8. The first-order chi connectivity index (χ1) is 48.2. The lowest BCUT2D eigenvalue weighted by Crippen LogP contribution is -2.30. The average Bonchev–Trinajstić information content (AvgIpc) is 2.96. The predicted octanol–water partition coefficient (Wildman–Crippen LogP) is 22.5. The highest BCUT2D eigenvalue weighted by Crippen LogP contribution is 2.45. The maximum Gasteiger partial charge on any atom is 0.472 e. The molecule has 0 aliphatic rings. The lowest BCUT2D eigenvalue weighted by Gasteiger charge is -2.21. The molecule has 0 saturated heterocycles. The Labute approximate surface area is 602 Å². The molecular weight excluding hydrogens is 1290 g/mol. The molecule has 0 rings (SSSR count). The number of carbonyl (C=O) groups is 3. The van der Waals surface area contributed by atoms with Crippen LogP contribution in [0.15, 0.2) is 122 Å². The van der Waals surface area contributed by atoms with Crippen molar-refractivity contribution < 1.29 is 75.8 Å². The lowest BCUT2D eigenvalue weighted by atomic mass is 10.0. The van der Waals surface area contributed by atoms with Crippen molar-refractivity contribution in [2.24, 2.45) is 0 Å². The van der Waals surface area contributed by atoms with Gasteiger partial charge in [0.1, 0.15) is 25.4 Å². The molecule has 0 aromatic heterocycles. The number of unbranched alkanes of at least 4 members (excludes halogenated alkanes) is 30. The van der Waals surface area contributed by atoms with Gasteiger partial charge in [-0.2, -0.15) is 0 Å². The zero-order valence-electron chi connectivity index (χ0n) is 62.1. The molecule has 0 aromatic rings. The van der Waals surface area contributed by atoms with E-state index in [0.717, 1.165) is 141 Å². The Hall–Kier alpha value is -4.05. The molecule has 0 heterocycles. The third-order valence-electron chi connectivity index (χ3n) is 16.2. The molecule has 0 spiro atoms. The smallest absolute Gasteiger partial charge is 0.463 e. The highest BCUT2D eigenvalue weighted by molar-refractivity contribution is 7.47. The molecule has 0 saturated carbocycles. The number of rotatable bonds is 73. The minimum atomic E-state index is -4.94. The van der Waals surface area contributed by atoms with E-state index in [1.807, 2.05) is 0 Å². The van der Waals surface area contributed by atoms with Crippen LogP contribution in [0.25, 0.3) is 0 Å². The second-order valence-electron chi connectivity index (χ2n) is 25.7. The van der Waals surface area contributed by atoms with Gasteiger partial charge in [0.25, 0.3) is 0 Å². The number of esters is 3. The molecule has 570 valence electrons. The van der Waals surface area contributed by atoms with Crippen molar-refractivity contribution in [1.29, 1.82) is 0 Å². The molecule has 5 unspecified atom stereocenters. The molecule has 0 fully saturated rings. The van der Waals surface area contributed by atoms with E-state index in [9.17, 15) is 43.5 Å². The largest absolute Gasteiger partial charge is 0.472 e. The van der Waals surface area contributed by atoms with Gasteiger partial charge in [0, 0.05) is 19.3 Å². The van der Waals surface area contributed by atoms with Gasteiger partial charge in [-0.15, -0.1) is 0 Å². The summed E-state index contributed by atoms with van der Waals surface area (Å²) < 4.78 is 61.0. The van der Waals surface area contributed by atoms with E-state index in [-0.39, 0.29) is 19.3 Å². The number of phosphoric ester groups is 2. The van der Waals surface area contributed by atoms with Crippen molar-refractivity contribution in [3.8, 4) is 0 Å². The van der Waals surface area contributed by atoms with Crippen LogP contribution < -0.4 is 0 Å².